The fraction of sp³-hybridized carbons (Fsp3) is 0.286. The third-order valence-corrected chi connectivity index (χ3v) is 5.11. The van der Waals surface area contributed by atoms with E-state index >= 15 is 0 Å². The van der Waals surface area contributed by atoms with Crippen molar-refractivity contribution in [3.63, 3.8) is 0 Å². The molecule has 0 bridgehead atoms. The van der Waals surface area contributed by atoms with Crippen molar-refractivity contribution in [1.82, 2.24) is 0 Å². The number of hydrogen-bond acceptors (Lipinski definition) is 1. The van der Waals surface area contributed by atoms with E-state index in [2.05, 4.69) is 73.2 Å². The second-order valence-electron chi connectivity index (χ2n) is 6.96. The number of hydrogen-bond donors (Lipinski definition) is 1. The minimum Gasteiger partial charge on any atom is -0.308 e. The van der Waals surface area contributed by atoms with Crippen molar-refractivity contribution >= 4 is 38.9 Å². The Morgan fingerprint density at radius 1 is 1.16 bits per heavy atom. The van der Waals surface area contributed by atoms with Crippen molar-refractivity contribution in [1.29, 1.82) is 0 Å². The smallest absolute Gasteiger partial charge is 0.308 e. The van der Waals surface area contributed by atoms with Crippen molar-refractivity contribution in [3.8, 4) is 0 Å². The number of anilines is 2. The molecule has 1 N–H and O–H groups in total. The van der Waals surface area contributed by atoms with Crippen LogP contribution < -0.4 is 10.2 Å². The van der Waals surface area contributed by atoms with Crippen LogP contribution >= 0.6 is 15.9 Å². The molecule has 0 saturated heterocycles. The fourth-order valence-electron chi connectivity index (χ4n) is 3.38. The van der Waals surface area contributed by atoms with Crippen molar-refractivity contribution in [2.24, 2.45) is 0 Å². The van der Waals surface area contributed by atoms with E-state index in [1.54, 1.807) is 0 Å². The number of amides is 2. The van der Waals surface area contributed by atoms with E-state index in [1.165, 1.54) is 11.1 Å². The molecule has 0 spiro atoms. The first-order valence-corrected chi connectivity index (χ1v) is 9.30. The lowest BCUT2D eigenvalue weighted by Gasteiger charge is -2.41. The van der Waals surface area contributed by atoms with Gasteiger partial charge in [-0.15, -0.1) is 0 Å². The molecule has 0 aliphatic carbocycles. The first-order chi connectivity index (χ1) is 11.8. The largest absolute Gasteiger partial charge is 0.327 e. The maximum Gasteiger partial charge on any atom is 0.327 e. The van der Waals surface area contributed by atoms with Crippen LogP contribution in [0.1, 0.15) is 38.8 Å². The van der Waals surface area contributed by atoms with E-state index in [9.17, 15) is 4.79 Å². The molecule has 0 atom stereocenters. The number of carbonyl (C=O) groups excluding carboxylic acids is 1. The van der Waals surface area contributed by atoms with Gasteiger partial charge in [0.25, 0.3) is 0 Å². The van der Waals surface area contributed by atoms with Crippen LogP contribution in [0.5, 0.6) is 0 Å². The molecule has 0 unspecified atom stereocenters. The van der Waals surface area contributed by atoms with E-state index in [4.69, 9.17) is 0 Å². The van der Waals surface area contributed by atoms with E-state index in [-0.39, 0.29) is 6.03 Å². The van der Waals surface area contributed by atoms with Gasteiger partial charge >= 0.3 is 6.03 Å². The van der Waals surface area contributed by atoms with Crippen LogP contribution in [-0.4, -0.2) is 11.6 Å². The number of fused-ring (bicyclic) bond motifs is 1. The number of allylic oxidation sites excluding steroid dienone is 1. The van der Waals surface area contributed by atoms with Crippen molar-refractivity contribution in [2.45, 2.75) is 39.7 Å². The van der Waals surface area contributed by atoms with Crippen LogP contribution in [0.4, 0.5) is 16.2 Å². The highest BCUT2D eigenvalue weighted by Gasteiger charge is 2.35. The number of nitrogens with zero attached hydrogens (tertiary/aromatic N) is 1. The predicted octanol–water partition coefficient (Wildman–Crippen LogP) is 6.25. The van der Waals surface area contributed by atoms with Gasteiger partial charge in [-0.1, -0.05) is 35.0 Å². The summed E-state index contributed by atoms with van der Waals surface area (Å²) < 4.78 is 0.986. The van der Waals surface area contributed by atoms with Crippen molar-refractivity contribution < 1.29 is 4.79 Å². The molecule has 3 rings (SSSR count). The second kappa shape index (κ2) is 6.68. The van der Waals surface area contributed by atoms with Gasteiger partial charge in [-0.25, -0.2) is 4.79 Å². The molecular weight excluding hydrogens is 376 g/mol. The summed E-state index contributed by atoms with van der Waals surface area (Å²) in [7, 11) is 0. The standard InChI is InChI=1S/C21H23BrN2O/c1-5-15-6-11-19-18(12-15)14(2)13-21(3,4)24(19)20(25)23-17-9-7-16(22)8-10-17/h6-13H,5H2,1-4H3,(H,23,25). The SMILES string of the molecule is CCc1ccc2c(c1)C(C)=CC(C)(C)N2C(=O)Nc1ccc(Br)cc1. The molecule has 4 heteroatoms. The van der Waals surface area contributed by atoms with Gasteiger partial charge in [-0.3, -0.25) is 4.90 Å². The molecule has 130 valence electrons. The molecule has 2 aromatic carbocycles. The molecule has 1 heterocycles. The van der Waals surface area contributed by atoms with Crippen LogP contribution in [-0.2, 0) is 6.42 Å². The number of carbonyl (C=O) groups is 1. The Kier molecular flexibility index (Phi) is 4.74. The summed E-state index contributed by atoms with van der Waals surface area (Å²) in [6.45, 7) is 8.39. The predicted molar refractivity (Wildman–Crippen MR) is 109 cm³/mol. The van der Waals surface area contributed by atoms with E-state index < -0.39 is 5.54 Å². The lowest BCUT2D eigenvalue weighted by molar-refractivity contribution is 0.253. The van der Waals surface area contributed by atoms with Gasteiger partial charge in [-0.05, 0) is 74.7 Å². The van der Waals surface area contributed by atoms with Crippen molar-refractivity contribution in [3.05, 3.63) is 64.1 Å². The maximum absolute atomic E-state index is 13.1. The molecule has 1 aliphatic rings. The van der Waals surface area contributed by atoms with Crippen LogP contribution in [0.2, 0.25) is 0 Å². The zero-order valence-electron chi connectivity index (χ0n) is 15.1. The van der Waals surface area contributed by atoms with Gasteiger partial charge in [0.15, 0.2) is 0 Å². The molecule has 3 nitrogen and oxygen atoms in total. The topological polar surface area (TPSA) is 32.3 Å². The van der Waals surface area contributed by atoms with Crippen LogP contribution in [0.25, 0.3) is 5.57 Å². The van der Waals surface area contributed by atoms with Crippen LogP contribution in [0, 0.1) is 0 Å². The maximum atomic E-state index is 13.1. The Morgan fingerprint density at radius 3 is 2.48 bits per heavy atom. The molecule has 2 amide bonds. The van der Waals surface area contributed by atoms with Gasteiger partial charge in [0.1, 0.15) is 0 Å². The van der Waals surface area contributed by atoms with Crippen LogP contribution in [0.3, 0.4) is 0 Å². The van der Waals surface area contributed by atoms with Crippen LogP contribution in [0.15, 0.2) is 53.0 Å². The van der Waals surface area contributed by atoms with Gasteiger partial charge < -0.3 is 5.32 Å². The average molecular weight is 399 g/mol. The Morgan fingerprint density at radius 2 is 1.84 bits per heavy atom. The zero-order valence-corrected chi connectivity index (χ0v) is 16.6. The van der Waals surface area contributed by atoms with E-state index in [0.717, 1.165) is 27.8 Å². The minimum absolute atomic E-state index is 0.124. The summed E-state index contributed by atoms with van der Waals surface area (Å²) in [5.74, 6) is 0. The quantitative estimate of drug-likeness (QED) is 0.637. The zero-order chi connectivity index (χ0) is 18.2. The molecule has 2 aromatic rings. The average Bonchev–Trinajstić information content (AvgIpc) is 2.56. The molecule has 0 saturated carbocycles. The van der Waals surface area contributed by atoms with E-state index in [0.29, 0.717) is 0 Å². The summed E-state index contributed by atoms with van der Waals surface area (Å²) in [5, 5.41) is 3.02. The normalized spacial score (nSPS) is 15.4. The highest BCUT2D eigenvalue weighted by Crippen LogP contribution is 2.39. The molecule has 25 heavy (non-hydrogen) atoms. The summed E-state index contributed by atoms with van der Waals surface area (Å²) in [5.41, 5.74) is 4.95. The highest BCUT2D eigenvalue weighted by molar-refractivity contribution is 9.10. The minimum atomic E-state index is -0.399. The first-order valence-electron chi connectivity index (χ1n) is 8.51. The second-order valence-corrected chi connectivity index (χ2v) is 7.87. The summed E-state index contributed by atoms with van der Waals surface area (Å²) in [6.07, 6.45) is 3.14. The molecule has 0 radical (unpaired) electrons. The number of urea groups is 1. The fourth-order valence-corrected chi connectivity index (χ4v) is 3.64. The summed E-state index contributed by atoms with van der Waals surface area (Å²) in [4.78, 5) is 14.9. The van der Waals surface area contributed by atoms with Gasteiger partial charge in [0, 0.05) is 15.7 Å². The van der Waals surface area contributed by atoms with E-state index in [1.807, 2.05) is 29.2 Å². The molecule has 1 aliphatic heterocycles. The molecule has 0 fully saturated rings. The Hall–Kier alpha value is -2.07. The Labute approximate surface area is 157 Å². The monoisotopic (exact) mass is 398 g/mol. The van der Waals surface area contributed by atoms with Crippen molar-refractivity contribution in [2.75, 3.05) is 10.2 Å². The number of halogens is 1. The lowest BCUT2D eigenvalue weighted by atomic mass is 9.88. The highest BCUT2D eigenvalue weighted by atomic mass is 79.9. The molecular formula is C21H23BrN2O. The summed E-state index contributed by atoms with van der Waals surface area (Å²) >= 11 is 3.42. The lowest BCUT2D eigenvalue weighted by Crippen LogP contribution is -2.50. The first kappa shape index (κ1) is 17.7. The number of benzene rings is 2. The number of rotatable bonds is 2. The van der Waals surface area contributed by atoms with Gasteiger partial charge in [0.05, 0.1) is 11.2 Å². The molecule has 0 aromatic heterocycles. The summed E-state index contributed by atoms with van der Waals surface area (Å²) in [6, 6.07) is 13.9. The third kappa shape index (κ3) is 3.49. The number of aryl methyl sites for hydroxylation is 1. The number of nitrogens with one attached hydrogen (secondary N) is 1. The van der Waals surface area contributed by atoms with Gasteiger partial charge in [-0.2, -0.15) is 0 Å². The Balaban J connectivity index is 1.99. The van der Waals surface area contributed by atoms with Gasteiger partial charge in [0.2, 0.25) is 0 Å². The third-order valence-electron chi connectivity index (χ3n) is 4.58. The Bertz CT molecular complexity index is 837.